The second-order valence-electron chi connectivity index (χ2n) is 2.73. The molecule has 14 heavy (non-hydrogen) atoms. The molecule has 0 atom stereocenters. The van der Waals surface area contributed by atoms with Crippen LogP contribution in [0.1, 0.15) is 9.67 Å². The molecule has 0 amide bonds. The first-order valence-electron chi connectivity index (χ1n) is 3.98. The average Bonchev–Trinajstić information content (AvgIpc) is 2.57. The van der Waals surface area contributed by atoms with Crippen molar-refractivity contribution < 1.29 is 9.53 Å². The fourth-order valence-electron chi connectivity index (χ4n) is 1.37. The lowest BCUT2D eigenvalue weighted by Crippen LogP contribution is -1.84. The number of halogens is 1. The van der Waals surface area contributed by atoms with Crippen LogP contribution < -0.4 is 4.74 Å². The van der Waals surface area contributed by atoms with Crippen LogP contribution in [-0.4, -0.2) is 13.4 Å². The number of fused-ring (bicyclic) bond motifs is 1. The predicted molar refractivity (Wildman–Crippen MR) is 58.8 cm³/mol. The molecule has 2 aromatic rings. The van der Waals surface area contributed by atoms with Gasteiger partial charge in [0.25, 0.3) is 0 Å². The van der Waals surface area contributed by atoms with Crippen LogP contribution in [0.3, 0.4) is 0 Å². The molecule has 0 radical (unpaired) electrons. The summed E-state index contributed by atoms with van der Waals surface area (Å²) in [6.07, 6.45) is 0.791. The van der Waals surface area contributed by atoms with E-state index >= 15 is 0 Å². The van der Waals surface area contributed by atoms with Gasteiger partial charge in [-0.2, -0.15) is 0 Å². The zero-order chi connectivity index (χ0) is 10.1. The number of aldehydes is 1. The van der Waals surface area contributed by atoms with E-state index in [1.807, 2.05) is 12.1 Å². The summed E-state index contributed by atoms with van der Waals surface area (Å²) in [6, 6.07) is 5.53. The van der Waals surface area contributed by atoms with Gasteiger partial charge >= 0.3 is 0 Å². The summed E-state index contributed by atoms with van der Waals surface area (Å²) >= 11 is 7.35. The van der Waals surface area contributed by atoms with Crippen molar-refractivity contribution in [2.45, 2.75) is 0 Å². The molecule has 0 aliphatic carbocycles. The largest absolute Gasteiger partial charge is 0.494 e. The highest BCUT2D eigenvalue weighted by molar-refractivity contribution is 7.21. The standard InChI is InChI=1S/C10H7ClO2S/c1-13-9-6-3-2-4-7(11)10(6)14-8(9)5-12/h2-5H,1H3. The Hall–Kier alpha value is -1.06. The van der Waals surface area contributed by atoms with E-state index in [4.69, 9.17) is 16.3 Å². The Morgan fingerprint density at radius 2 is 2.29 bits per heavy atom. The van der Waals surface area contributed by atoms with E-state index in [1.54, 1.807) is 13.2 Å². The third-order valence-electron chi connectivity index (χ3n) is 1.96. The van der Waals surface area contributed by atoms with Crippen molar-refractivity contribution in [3.8, 4) is 5.75 Å². The van der Waals surface area contributed by atoms with E-state index in [0.717, 1.165) is 16.4 Å². The summed E-state index contributed by atoms with van der Waals surface area (Å²) in [5.41, 5.74) is 0. The second kappa shape index (κ2) is 3.59. The summed E-state index contributed by atoms with van der Waals surface area (Å²) < 4.78 is 6.06. The average molecular weight is 227 g/mol. The third kappa shape index (κ3) is 1.29. The fourth-order valence-corrected chi connectivity index (χ4v) is 2.65. The molecule has 0 bridgehead atoms. The van der Waals surface area contributed by atoms with Crippen molar-refractivity contribution in [3.63, 3.8) is 0 Å². The lowest BCUT2D eigenvalue weighted by molar-refractivity contribution is 0.112. The Labute approximate surface area is 90.1 Å². The van der Waals surface area contributed by atoms with E-state index in [0.29, 0.717) is 15.6 Å². The van der Waals surface area contributed by atoms with Crippen molar-refractivity contribution in [2.24, 2.45) is 0 Å². The summed E-state index contributed by atoms with van der Waals surface area (Å²) in [7, 11) is 1.55. The molecule has 0 fully saturated rings. The number of ether oxygens (including phenoxy) is 1. The molecule has 0 aliphatic rings. The first-order valence-corrected chi connectivity index (χ1v) is 5.17. The molecular weight excluding hydrogens is 220 g/mol. The molecule has 0 aliphatic heterocycles. The molecular formula is C10H7ClO2S. The molecule has 2 rings (SSSR count). The van der Waals surface area contributed by atoms with E-state index in [9.17, 15) is 4.79 Å². The first-order chi connectivity index (χ1) is 6.77. The van der Waals surface area contributed by atoms with Crippen molar-refractivity contribution in [3.05, 3.63) is 28.1 Å². The van der Waals surface area contributed by atoms with Crippen molar-refractivity contribution in [1.29, 1.82) is 0 Å². The summed E-state index contributed by atoms with van der Waals surface area (Å²) in [6.45, 7) is 0. The van der Waals surface area contributed by atoms with Crippen molar-refractivity contribution in [2.75, 3.05) is 7.11 Å². The lowest BCUT2D eigenvalue weighted by Gasteiger charge is -1.97. The summed E-state index contributed by atoms with van der Waals surface area (Å²) in [5, 5.41) is 1.55. The van der Waals surface area contributed by atoms with Gasteiger partial charge in [0, 0.05) is 5.39 Å². The quantitative estimate of drug-likeness (QED) is 0.734. The highest BCUT2D eigenvalue weighted by Crippen LogP contribution is 2.39. The van der Waals surface area contributed by atoms with E-state index in [2.05, 4.69) is 0 Å². The highest BCUT2D eigenvalue weighted by Gasteiger charge is 2.13. The third-order valence-corrected chi connectivity index (χ3v) is 3.53. The van der Waals surface area contributed by atoms with Crippen molar-refractivity contribution >= 4 is 39.3 Å². The Balaban J connectivity index is 2.86. The van der Waals surface area contributed by atoms with E-state index in [-0.39, 0.29) is 0 Å². The van der Waals surface area contributed by atoms with Crippen LogP contribution in [0.15, 0.2) is 18.2 Å². The molecule has 0 unspecified atom stereocenters. The maximum Gasteiger partial charge on any atom is 0.163 e. The van der Waals surface area contributed by atoms with Crippen LogP contribution in [0.5, 0.6) is 5.75 Å². The molecule has 72 valence electrons. The number of hydrogen-bond donors (Lipinski definition) is 0. The molecule has 0 saturated carbocycles. The zero-order valence-electron chi connectivity index (χ0n) is 7.41. The normalized spacial score (nSPS) is 10.4. The van der Waals surface area contributed by atoms with Crippen molar-refractivity contribution in [1.82, 2.24) is 0 Å². The summed E-state index contributed by atoms with van der Waals surface area (Å²) in [5.74, 6) is 0.613. The minimum absolute atomic E-state index is 0.579. The molecule has 1 aromatic heterocycles. The Kier molecular flexibility index (Phi) is 2.44. The van der Waals surface area contributed by atoms with Crippen LogP contribution in [0, 0.1) is 0 Å². The number of rotatable bonds is 2. The number of hydrogen-bond acceptors (Lipinski definition) is 3. The topological polar surface area (TPSA) is 26.3 Å². The molecule has 0 spiro atoms. The molecule has 1 heterocycles. The Bertz CT molecular complexity index is 490. The van der Waals surface area contributed by atoms with E-state index in [1.165, 1.54) is 11.3 Å². The smallest absolute Gasteiger partial charge is 0.163 e. The maximum absolute atomic E-state index is 10.8. The molecule has 2 nitrogen and oxygen atoms in total. The minimum Gasteiger partial charge on any atom is -0.494 e. The van der Waals surface area contributed by atoms with Crippen LogP contribution >= 0.6 is 22.9 Å². The van der Waals surface area contributed by atoms with Gasteiger partial charge in [0.15, 0.2) is 6.29 Å². The molecule has 0 saturated heterocycles. The predicted octanol–water partition coefficient (Wildman–Crippen LogP) is 3.38. The molecule has 0 N–H and O–H groups in total. The molecule has 4 heteroatoms. The van der Waals surface area contributed by atoms with Gasteiger partial charge in [-0.3, -0.25) is 4.79 Å². The van der Waals surface area contributed by atoms with Gasteiger partial charge in [-0.1, -0.05) is 17.7 Å². The van der Waals surface area contributed by atoms with Crippen LogP contribution in [-0.2, 0) is 0 Å². The van der Waals surface area contributed by atoms with Crippen LogP contribution in [0.2, 0.25) is 5.02 Å². The maximum atomic E-state index is 10.8. The number of carbonyl (C=O) groups excluding carboxylic acids is 1. The monoisotopic (exact) mass is 226 g/mol. The number of carbonyl (C=O) groups is 1. The van der Waals surface area contributed by atoms with Gasteiger partial charge < -0.3 is 4.74 Å². The SMILES string of the molecule is COc1c(C=O)sc2c(Cl)cccc12. The van der Waals surface area contributed by atoms with Crippen LogP contribution in [0.25, 0.3) is 10.1 Å². The van der Waals surface area contributed by atoms with E-state index < -0.39 is 0 Å². The van der Waals surface area contributed by atoms with Gasteiger partial charge in [0.2, 0.25) is 0 Å². The first kappa shape index (κ1) is 9.49. The molecule has 1 aromatic carbocycles. The minimum atomic E-state index is 0.579. The Morgan fingerprint density at radius 3 is 2.93 bits per heavy atom. The van der Waals surface area contributed by atoms with Gasteiger partial charge in [0.05, 0.1) is 16.8 Å². The Morgan fingerprint density at radius 1 is 1.50 bits per heavy atom. The lowest BCUT2D eigenvalue weighted by atomic mass is 10.2. The number of thiophene rings is 1. The second-order valence-corrected chi connectivity index (χ2v) is 4.19. The highest BCUT2D eigenvalue weighted by atomic mass is 35.5. The fraction of sp³-hybridized carbons (Fsp3) is 0.100. The number of benzene rings is 1. The van der Waals surface area contributed by atoms with Gasteiger partial charge in [0.1, 0.15) is 10.6 Å². The van der Waals surface area contributed by atoms with Crippen LogP contribution in [0.4, 0.5) is 0 Å². The van der Waals surface area contributed by atoms with Gasteiger partial charge in [-0.05, 0) is 12.1 Å². The number of methoxy groups -OCH3 is 1. The zero-order valence-corrected chi connectivity index (χ0v) is 8.98. The van der Waals surface area contributed by atoms with Gasteiger partial charge in [-0.15, -0.1) is 11.3 Å². The van der Waals surface area contributed by atoms with Gasteiger partial charge in [-0.25, -0.2) is 0 Å². The summed E-state index contributed by atoms with van der Waals surface area (Å²) in [4.78, 5) is 11.3.